The molecule has 0 aromatic heterocycles. The van der Waals surface area contributed by atoms with Gasteiger partial charge in [-0.25, -0.2) is 4.99 Å². The molecule has 0 radical (unpaired) electrons. The van der Waals surface area contributed by atoms with Gasteiger partial charge in [-0.05, 0) is 0 Å². The van der Waals surface area contributed by atoms with Crippen LogP contribution in [0, 0.1) is 0 Å². The van der Waals surface area contributed by atoms with E-state index in [1.54, 1.807) is 7.05 Å². The molecule has 1 aliphatic heterocycles. The summed E-state index contributed by atoms with van der Waals surface area (Å²) in [5, 5.41) is 14.9. The molecule has 0 spiro atoms. The van der Waals surface area contributed by atoms with Crippen LogP contribution >= 0.6 is 0 Å². The van der Waals surface area contributed by atoms with Gasteiger partial charge in [0.1, 0.15) is 5.70 Å². The van der Waals surface area contributed by atoms with Gasteiger partial charge in [0.2, 0.25) is 0 Å². The Labute approximate surface area is 76.3 Å². The maximum atomic E-state index is 9.44. The van der Waals surface area contributed by atoms with E-state index in [9.17, 15) is 5.11 Å². The molecule has 5 N–H and O–H groups in total. The quantitative estimate of drug-likeness (QED) is 0.394. The average Bonchev–Trinajstić information content (AvgIpc) is 2.15. The molecule has 0 amide bonds. The van der Waals surface area contributed by atoms with Gasteiger partial charge in [0.05, 0.1) is 6.34 Å². The fourth-order valence-corrected chi connectivity index (χ4v) is 0.922. The zero-order valence-electron chi connectivity index (χ0n) is 7.36. The summed E-state index contributed by atoms with van der Waals surface area (Å²) in [5.74, 6) is 0.538. The molecule has 1 unspecified atom stereocenters. The van der Waals surface area contributed by atoms with E-state index in [1.165, 1.54) is 12.6 Å². The van der Waals surface area contributed by atoms with Gasteiger partial charge in [0, 0.05) is 19.8 Å². The molecule has 0 saturated heterocycles. The normalized spacial score (nSPS) is 22.2. The highest BCUT2D eigenvalue weighted by Crippen LogP contribution is 2.10. The van der Waals surface area contributed by atoms with Crippen LogP contribution in [0.25, 0.3) is 0 Å². The Morgan fingerprint density at radius 2 is 2.69 bits per heavy atom. The van der Waals surface area contributed by atoms with Crippen LogP contribution in [0.15, 0.2) is 21.5 Å². The first-order valence-corrected chi connectivity index (χ1v) is 3.90. The number of rotatable bonds is 3. The highest BCUT2D eigenvalue weighted by atomic mass is 16.3. The molecule has 1 atom stereocenters. The third-order valence-electron chi connectivity index (χ3n) is 1.50. The predicted octanol–water partition coefficient (Wildman–Crippen LogP) is -1.65. The molecule has 0 aromatic carbocycles. The van der Waals surface area contributed by atoms with E-state index >= 15 is 0 Å². The number of aliphatic imine (C=N–C) groups is 2. The lowest BCUT2D eigenvalue weighted by molar-refractivity contribution is 0.192. The molecule has 0 aliphatic carbocycles. The van der Waals surface area contributed by atoms with Crippen LogP contribution in [0.1, 0.15) is 0 Å². The van der Waals surface area contributed by atoms with Crippen LogP contribution in [0.5, 0.6) is 0 Å². The van der Waals surface area contributed by atoms with Gasteiger partial charge in [-0.3, -0.25) is 4.99 Å². The van der Waals surface area contributed by atoms with Gasteiger partial charge in [0.25, 0.3) is 0 Å². The van der Waals surface area contributed by atoms with E-state index in [0.29, 0.717) is 18.1 Å². The third kappa shape index (κ3) is 2.27. The van der Waals surface area contributed by atoms with Crippen LogP contribution in [0.4, 0.5) is 0 Å². The van der Waals surface area contributed by atoms with Gasteiger partial charge in [0.15, 0.2) is 12.0 Å². The van der Waals surface area contributed by atoms with Gasteiger partial charge >= 0.3 is 0 Å². The van der Waals surface area contributed by atoms with E-state index < -0.39 is 6.23 Å². The summed E-state index contributed by atoms with van der Waals surface area (Å²) in [6.07, 6.45) is 2.10. The standard InChI is InChI=1S/C7H13N5O/c1-9-6-5(10-3-2-8)7(13)12-4-11-6/h3-4,7,9,13H,2,8H2,1H3,(H,11,12)/b10-3+. The Hall–Kier alpha value is -1.40. The molecule has 1 aliphatic rings. The molecule has 0 aromatic rings. The maximum absolute atomic E-state index is 9.44. The summed E-state index contributed by atoms with van der Waals surface area (Å²) in [5.41, 5.74) is 5.69. The monoisotopic (exact) mass is 183 g/mol. The second kappa shape index (κ2) is 4.58. The molecule has 0 saturated carbocycles. The van der Waals surface area contributed by atoms with E-state index in [1.807, 2.05) is 0 Å². The van der Waals surface area contributed by atoms with Crippen molar-refractivity contribution in [2.75, 3.05) is 13.6 Å². The SMILES string of the molecule is CNC1=C(/N=C/CN)C(O)NC=N1. The molecule has 0 fully saturated rings. The minimum atomic E-state index is -0.831. The lowest BCUT2D eigenvalue weighted by Gasteiger charge is -2.17. The second-order valence-electron chi connectivity index (χ2n) is 2.36. The third-order valence-corrected chi connectivity index (χ3v) is 1.50. The Balaban J connectivity index is 2.88. The maximum Gasteiger partial charge on any atom is 0.172 e. The van der Waals surface area contributed by atoms with Crippen molar-refractivity contribution in [2.45, 2.75) is 6.23 Å². The number of aliphatic hydroxyl groups is 1. The molecular weight excluding hydrogens is 170 g/mol. The van der Waals surface area contributed by atoms with Crippen molar-refractivity contribution in [3.8, 4) is 0 Å². The van der Waals surface area contributed by atoms with E-state index in [0.717, 1.165) is 0 Å². The Bertz CT molecular complexity index is 258. The summed E-state index contributed by atoms with van der Waals surface area (Å²) in [6, 6.07) is 0. The molecule has 6 heteroatoms. The fourth-order valence-electron chi connectivity index (χ4n) is 0.922. The zero-order chi connectivity index (χ0) is 9.68. The first kappa shape index (κ1) is 9.69. The smallest absolute Gasteiger partial charge is 0.172 e. The average molecular weight is 183 g/mol. The lowest BCUT2D eigenvalue weighted by Crippen LogP contribution is -2.34. The van der Waals surface area contributed by atoms with Crippen molar-refractivity contribution >= 4 is 12.6 Å². The van der Waals surface area contributed by atoms with Crippen molar-refractivity contribution in [3.05, 3.63) is 11.5 Å². The van der Waals surface area contributed by atoms with Gasteiger partial charge in [-0.1, -0.05) is 0 Å². The van der Waals surface area contributed by atoms with Crippen LogP contribution in [-0.4, -0.2) is 37.5 Å². The van der Waals surface area contributed by atoms with Crippen molar-refractivity contribution in [3.63, 3.8) is 0 Å². The van der Waals surface area contributed by atoms with Crippen LogP contribution in [-0.2, 0) is 0 Å². The largest absolute Gasteiger partial charge is 0.371 e. The number of hydrogen-bond donors (Lipinski definition) is 4. The van der Waals surface area contributed by atoms with Crippen LogP contribution < -0.4 is 16.4 Å². The van der Waals surface area contributed by atoms with Gasteiger partial charge < -0.3 is 21.5 Å². The summed E-state index contributed by atoms with van der Waals surface area (Å²) in [7, 11) is 1.71. The van der Waals surface area contributed by atoms with E-state index in [2.05, 4.69) is 20.6 Å². The highest BCUT2D eigenvalue weighted by molar-refractivity contribution is 5.64. The highest BCUT2D eigenvalue weighted by Gasteiger charge is 2.16. The number of hydrogen-bond acceptors (Lipinski definition) is 6. The van der Waals surface area contributed by atoms with Crippen molar-refractivity contribution in [1.82, 2.24) is 10.6 Å². The van der Waals surface area contributed by atoms with Crippen molar-refractivity contribution in [2.24, 2.45) is 15.7 Å². The van der Waals surface area contributed by atoms with Crippen molar-refractivity contribution < 1.29 is 5.11 Å². The Morgan fingerprint density at radius 3 is 3.31 bits per heavy atom. The van der Waals surface area contributed by atoms with E-state index in [4.69, 9.17) is 5.73 Å². The fraction of sp³-hybridized carbons (Fsp3) is 0.429. The molecule has 13 heavy (non-hydrogen) atoms. The number of nitrogens with two attached hydrogens (primary N) is 1. The van der Waals surface area contributed by atoms with Crippen molar-refractivity contribution in [1.29, 1.82) is 0 Å². The summed E-state index contributed by atoms with van der Waals surface area (Å²) < 4.78 is 0. The molecular formula is C7H13N5O. The molecule has 1 heterocycles. The number of nitrogens with zero attached hydrogens (tertiary/aromatic N) is 2. The number of nitrogens with one attached hydrogen (secondary N) is 2. The number of aliphatic hydroxyl groups excluding tert-OH is 1. The molecule has 6 nitrogen and oxygen atoms in total. The minimum Gasteiger partial charge on any atom is -0.371 e. The summed E-state index contributed by atoms with van der Waals surface area (Å²) >= 11 is 0. The Kier molecular flexibility index (Phi) is 3.41. The summed E-state index contributed by atoms with van der Waals surface area (Å²) in [6.45, 7) is 0.330. The first-order chi connectivity index (χ1) is 6.29. The first-order valence-electron chi connectivity index (χ1n) is 3.90. The lowest BCUT2D eigenvalue weighted by atomic mass is 10.3. The second-order valence-corrected chi connectivity index (χ2v) is 2.36. The van der Waals surface area contributed by atoms with Crippen LogP contribution in [0.3, 0.4) is 0 Å². The van der Waals surface area contributed by atoms with E-state index in [-0.39, 0.29) is 0 Å². The minimum absolute atomic E-state index is 0.330. The topological polar surface area (TPSA) is 95.0 Å². The van der Waals surface area contributed by atoms with Gasteiger partial charge in [-0.15, -0.1) is 0 Å². The Morgan fingerprint density at radius 1 is 1.92 bits per heavy atom. The molecule has 72 valence electrons. The predicted molar refractivity (Wildman–Crippen MR) is 51.3 cm³/mol. The van der Waals surface area contributed by atoms with Crippen LogP contribution in [0.2, 0.25) is 0 Å². The zero-order valence-corrected chi connectivity index (χ0v) is 7.36. The molecule has 1 rings (SSSR count). The van der Waals surface area contributed by atoms with Gasteiger partial charge in [-0.2, -0.15) is 0 Å². The summed E-state index contributed by atoms with van der Waals surface area (Å²) in [4.78, 5) is 7.93. The molecule has 0 bridgehead atoms.